The number of carbonyl (C=O) groups excluding carboxylic acids is 1. The van der Waals surface area contributed by atoms with Crippen molar-refractivity contribution in [2.45, 2.75) is 54.8 Å². The zero-order valence-corrected chi connectivity index (χ0v) is 17.7. The fourth-order valence-electron chi connectivity index (χ4n) is 4.26. The van der Waals surface area contributed by atoms with E-state index in [-0.39, 0.29) is 17.4 Å². The lowest BCUT2D eigenvalue weighted by Crippen LogP contribution is -2.24. The van der Waals surface area contributed by atoms with Crippen LogP contribution < -0.4 is 0 Å². The molecule has 30 heavy (non-hydrogen) atoms. The van der Waals surface area contributed by atoms with Crippen LogP contribution in [-0.2, 0) is 19.4 Å². The van der Waals surface area contributed by atoms with Crippen molar-refractivity contribution in [2.75, 3.05) is 0 Å². The Hall–Kier alpha value is -2.66. The smallest absolute Gasteiger partial charge is 0.307 e. The first-order valence-electron chi connectivity index (χ1n) is 10.5. The molecule has 0 aliphatic heterocycles. The van der Waals surface area contributed by atoms with Gasteiger partial charge in [0.15, 0.2) is 9.84 Å². The lowest BCUT2D eigenvalue weighted by molar-refractivity contribution is -0.150. The number of ether oxygens (including phenoxy) is 1. The summed E-state index contributed by atoms with van der Waals surface area (Å²) in [7, 11) is -3.78. The van der Waals surface area contributed by atoms with Crippen LogP contribution >= 0.6 is 0 Å². The molecule has 1 fully saturated rings. The van der Waals surface area contributed by atoms with E-state index in [0.717, 1.165) is 42.9 Å². The molecule has 1 saturated carbocycles. The van der Waals surface area contributed by atoms with E-state index in [1.54, 1.807) is 36.4 Å². The van der Waals surface area contributed by atoms with E-state index in [2.05, 4.69) is 0 Å². The lowest BCUT2D eigenvalue weighted by Gasteiger charge is -2.24. The van der Waals surface area contributed by atoms with Crippen LogP contribution in [0.4, 0.5) is 0 Å². The van der Waals surface area contributed by atoms with Crippen molar-refractivity contribution >= 4 is 26.6 Å². The average Bonchev–Trinajstić information content (AvgIpc) is 2.78. The van der Waals surface area contributed by atoms with Crippen molar-refractivity contribution in [3.63, 3.8) is 0 Å². The van der Waals surface area contributed by atoms with Crippen LogP contribution in [0, 0.1) is 0 Å². The lowest BCUT2D eigenvalue weighted by atomic mass is 9.97. The number of carbonyl (C=O) groups is 1. The molecule has 5 heteroatoms. The molecule has 0 spiro atoms. The number of hydrogen-bond acceptors (Lipinski definition) is 4. The van der Waals surface area contributed by atoms with Gasteiger partial charge < -0.3 is 4.74 Å². The van der Waals surface area contributed by atoms with Gasteiger partial charge in [0.2, 0.25) is 0 Å². The van der Waals surface area contributed by atoms with Gasteiger partial charge >= 0.3 is 5.97 Å². The van der Waals surface area contributed by atoms with Crippen LogP contribution in [0.25, 0.3) is 10.8 Å². The topological polar surface area (TPSA) is 60.4 Å². The molecular weight excluding hydrogens is 396 g/mol. The van der Waals surface area contributed by atoms with Crippen LogP contribution in [0.5, 0.6) is 0 Å². The standard InChI is InChI=1S/C25H26O4S/c26-25(29-20-12-3-1-4-13-20)18-24(30(27,28)21-14-5-2-6-15-21)23-17-9-11-19-10-7-8-16-22(19)23/h2,5-11,14-17,20,24H,1,3-4,12-13,18H2. The summed E-state index contributed by atoms with van der Waals surface area (Å²) < 4.78 is 32.9. The maximum Gasteiger partial charge on any atom is 0.307 e. The van der Waals surface area contributed by atoms with E-state index >= 15 is 0 Å². The van der Waals surface area contributed by atoms with E-state index in [1.165, 1.54) is 0 Å². The zero-order valence-electron chi connectivity index (χ0n) is 16.9. The van der Waals surface area contributed by atoms with Gasteiger partial charge in [-0.15, -0.1) is 0 Å². The monoisotopic (exact) mass is 422 g/mol. The number of benzene rings is 3. The van der Waals surface area contributed by atoms with Crippen molar-refractivity contribution in [3.8, 4) is 0 Å². The second-order valence-electron chi connectivity index (χ2n) is 7.87. The summed E-state index contributed by atoms with van der Waals surface area (Å²) in [4.78, 5) is 13.0. The number of rotatable bonds is 6. The Morgan fingerprint density at radius 2 is 1.53 bits per heavy atom. The van der Waals surface area contributed by atoms with Gasteiger partial charge in [-0.25, -0.2) is 8.42 Å². The second-order valence-corrected chi connectivity index (χ2v) is 10.00. The van der Waals surface area contributed by atoms with E-state index in [1.807, 2.05) is 36.4 Å². The highest BCUT2D eigenvalue weighted by Gasteiger charge is 2.33. The molecule has 1 aliphatic rings. The Balaban J connectivity index is 1.72. The molecule has 4 rings (SSSR count). The number of esters is 1. The molecule has 1 unspecified atom stereocenters. The van der Waals surface area contributed by atoms with E-state index in [0.29, 0.717) is 5.56 Å². The predicted octanol–water partition coefficient (Wildman–Crippen LogP) is 5.62. The highest BCUT2D eigenvalue weighted by Crippen LogP contribution is 2.36. The maximum absolute atomic E-state index is 13.6. The average molecular weight is 423 g/mol. The zero-order chi connectivity index (χ0) is 21.0. The third-order valence-electron chi connectivity index (χ3n) is 5.82. The Morgan fingerprint density at radius 1 is 0.867 bits per heavy atom. The number of fused-ring (bicyclic) bond motifs is 1. The quantitative estimate of drug-likeness (QED) is 0.484. The molecule has 1 aliphatic carbocycles. The van der Waals surface area contributed by atoms with Crippen molar-refractivity contribution in [3.05, 3.63) is 78.4 Å². The molecule has 0 saturated heterocycles. The molecule has 156 valence electrons. The van der Waals surface area contributed by atoms with Crippen LogP contribution in [0.2, 0.25) is 0 Å². The van der Waals surface area contributed by atoms with Gasteiger partial charge in [-0.2, -0.15) is 0 Å². The van der Waals surface area contributed by atoms with E-state index in [9.17, 15) is 13.2 Å². The fourth-order valence-corrected chi connectivity index (χ4v) is 6.02. The molecule has 0 N–H and O–H groups in total. The van der Waals surface area contributed by atoms with Gasteiger partial charge in [0, 0.05) is 0 Å². The summed E-state index contributed by atoms with van der Waals surface area (Å²) in [5.41, 5.74) is 0.637. The summed E-state index contributed by atoms with van der Waals surface area (Å²) in [5, 5.41) is 0.793. The predicted molar refractivity (Wildman–Crippen MR) is 118 cm³/mol. The van der Waals surface area contributed by atoms with Gasteiger partial charge in [-0.05, 0) is 54.2 Å². The van der Waals surface area contributed by atoms with Crippen molar-refractivity contribution in [2.24, 2.45) is 0 Å². The van der Waals surface area contributed by atoms with Crippen LogP contribution in [0.15, 0.2) is 77.7 Å². The third-order valence-corrected chi connectivity index (χ3v) is 7.92. The molecule has 3 aromatic rings. The largest absolute Gasteiger partial charge is 0.462 e. The van der Waals surface area contributed by atoms with Crippen molar-refractivity contribution in [1.29, 1.82) is 0 Å². The van der Waals surface area contributed by atoms with Gasteiger partial charge in [0.25, 0.3) is 0 Å². The first-order chi connectivity index (χ1) is 14.6. The summed E-state index contributed by atoms with van der Waals surface area (Å²) in [5.74, 6) is -0.445. The highest BCUT2D eigenvalue weighted by molar-refractivity contribution is 7.91. The first-order valence-corrected chi connectivity index (χ1v) is 12.1. The van der Waals surface area contributed by atoms with E-state index < -0.39 is 21.1 Å². The number of sulfone groups is 1. The molecule has 0 bridgehead atoms. The Labute approximate surface area is 177 Å². The van der Waals surface area contributed by atoms with Crippen LogP contribution in [0.3, 0.4) is 0 Å². The first kappa shape index (κ1) is 20.6. The molecule has 0 amide bonds. The van der Waals surface area contributed by atoms with Gasteiger partial charge in [-0.3, -0.25) is 4.79 Å². The van der Waals surface area contributed by atoms with E-state index in [4.69, 9.17) is 4.74 Å². The Bertz CT molecular complexity index is 1110. The van der Waals surface area contributed by atoms with Crippen LogP contribution in [0.1, 0.15) is 49.3 Å². The third kappa shape index (κ3) is 4.41. The van der Waals surface area contributed by atoms with Gasteiger partial charge in [0.05, 0.1) is 11.3 Å². The van der Waals surface area contributed by atoms with Gasteiger partial charge in [-0.1, -0.05) is 67.1 Å². The minimum atomic E-state index is -3.78. The summed E-state index contributed by atoms with van der Waals surface area (Å²) >= 11 is 0. The van der Waals surface area contributed by atoms with Crippen molar-refractivity contribution in [1.82, 2.24) is 0 Å². The second kappa shape index (κ2) is 9.00. The SMILES string of the molecule is O=C(CC(c1cccc2ccccc12)S(=O)(=O)c1ccccc1)OC1CCCCC1. The minimum Gasteiger partial charge on any atom is -0.462 e. The summed E-state index contributed by atoms with van der Waals surface area (Å²) in [6.45, 7) is 0. The normalized spacial score (nSPS) is 16.3. The Morgan fingerprint density at radius 3 is 2.30 bits per heavy atom. The minimum absolute atomic E-state index is 0.0983. The molecule has 1 atom stereocenters. The van der Waals surface area contributed by atoms with Crippen molar-refractivity contribution < 1.29 is 17.9 Å². The molecule has 0 heterocycles. The Kier molecular flexibility index (Phi) is 6.18. The molecular formula is C25H26O4S. The van der Waals surface area contributed by atoms with Crippen LogP contribution in [-0.4, -0.2) is 20.5 Å². The summed E-state index contributed by atoms with van der Waals surface area (Å²) in [6, 6.07) is 21.6. The summed E-state index contributed by atoms with van der Waals surface area (Å²) in [6.07, 6.45) is 4.68. The fraction of sp³-hybridized carbons (Fsp3) is 0.320. The molecule has 0 aromatic heterocycles. The molecule has 4 nitrogen and oxygen atoms in total. The molecule has 3 aromatic carbocycles. The highest BCUT2D eigenvalue weighted by atomic mass is 32.2. The van der Waals surface area contributed by atoms with Gasteiger partial charge in [0.1, 0.15) is 11.4 Å². The number of hydrogen-bond donors (Lipinski definition) is 0. The maximum atomic E-state index is 13.6. The molecule has 0 radical (unpaired) electrons.